The Labute approximate surface area is 94.1 Å². The van der Waals surface area contributed by atoms with E-state index in [-0.39, 0.29) is 5.75 Å². The van der Waals surface area contributed by atoms with Crippen LogP contribution in [0, 0.1) is 0 Å². The van der Waals surface area contributed by atoms with Crippen LogP contribution in [0.5, 0.6) is 0 Å². The average Bonchev–Trinajstić information content (AvgIpc) is 2.27. The van der Waals surface area contributed by atoms with E-state index >= 15 is 0 Å². The topological polar surface area (TPSA) is 34.1 Å². The molecule has 16 heavy (non-hydrogen) atoms. The van der Waals surface area contributed by atoms with Crippen molar-refractivity contribution >= 4 is 26.7 Å². The van der Waals surface area contributed by atoms with E-state index in [1.54, 1.807) is 12.1 Å². The summed E-state index contributed by atoms with van der Waals surface area (Å²) in [6.45, 7) is 0. The summed E-state index contributed by atoms with van der Waals surface area (Å²) < 4.78 is 23.7. The van der Waals surface area contributed by atoms with Gasteiger partial charge in [0.1, 0.15) is 0 Å². The Hall–Kier alpha value is -1.61. The Kier molecular flexibility index (Phi) is 1.91. The molecule has 0 N–H and O–H groups in total. The summed E-state index contributed by atoms with van der Waals surface area (Å²) in [6, 6.07) is 11.5. The molecule has 0 aromatic heterocycles. The second kappa shape index (κ2) is 3.19. The van der Waals surface area contributed by atoms with Crippen LogP contribution in [0.1, 0.15) is 5.56 Å². The standard InChI is InChI=1S/C13H10O2S/c14-16(15)7-3-6-12-8-10-4-1-2-5-11(10)9-13(12)16/h1-6,8-9H,7H2. The van der Waals surface area contributed by atoms with Gasteiger partial charge in [-0.25, -0.2) is 8.42 Å². The molecule has 0 saturated carbocycles. The van der Waals surface area contributed by atoms with Gasteiger partial charge < -0.3 is 0 Å². The summed E-state index contributed by atoms with van der Waals surface area (Å²) in [5.41, 5.74) is 0.796. The zero-order valence-electron chi connectivity index (χ0n) is 8.55. The van der Waals surface area contributed by atoms with E-state index in [2.05, 4.69) is 0 Å². The van der Waals surface area contributed by atoms with Crippen molar-refractivity contribution in [3.63, 3.8) is 0 Å². The summed E-state index contributed by atoms with van der Waals surface area (Å²) in [5, 5.41) is 2.04. The lowest BCUT2D eigenvalue weighted by molar-refractivity contribution is 0.598. The first-order chi connectivity index (χ1) is 7.67. The summed E-state index contributed by atoms with van der Waals surface area (Å²) in [4.78, 5) is 0.453. The second-order valence-corrected chi connectivity index (χ2v) is 5.92. The number of sulfone groups is 1. The number of hydrogen-bond acceptors (Lipinski definition) is 2. The highest BCUT2D eigenvalue weighted by Gasteiger charge is 2.20. The summed E-state index contributed by atoms with van der Waals surface area (Å²) in [6.07, 6.45) is 3.58. The molecule has 2 aromatic carbocycles. The first kappa shape index (κ1) is 9.60. The van der Waals surface area contributed by atoms with Gasteiger partial charge in [-0.15, -0.1) is 0 Å². The second-order valence-electron chi connectivity index (χ2n) is 3.92. The summed E-state index contributed by atoms with van der Waals surface area (Å²) in [5.74, 6) is 0.109. The van der Waals surface area contributed by atoms with Crippen LogP contribution in [-0.2, 0) is 9.84 Å². The molecule has 0 amide bonds. The molecule has 3 rings (SSSR count). The van der Waals surface area contributed by atoms with E-state index in [1.807, 2.05) is 36.4 Å². The minimum absolute atomic E-state index is 0.109. The zero-order valence-corrected chi connectivity index (χ0v) is 9.37. The van der Waals surface area contributed by atoms with Gasteiger partial charge >= 0.3 is 0 Å². The van der Waals surface area contributed by atoms with Crippen molar-refractivity contribution in [2.24, 2.45) is 0 Å². The maximum Gasteiger partial charge on any atom is 0.182 e. The van der Waals surface area contributed by atoms with Crippen molar-refractivity contribution in [3.05, 3.63) is 48.0 Å². The van der Waals surface area contributed by atoms with Gasteiger partial charge in [0, 0.05) is 0 Å². The molecule has 1 heterocycles. The van der Waals surface area contributed by atoms with Gasteiger partial charge in [0.25, 0.3) is 0 Å². The maximum atomic E-state index is 11.9. The summed E-state index contributed by atoms with van der Waals surface area (Å²) in [7, 11) is -3.12. The van der Waals surface area contributed by atoms with Crippen LogP contribution >= 0.6 is 0 Å². The van der Waals surface area contributed by atoms with Gasteiger partial charge in [-0.3, -0.25) is 0 Å². The van der Waals surface area contributed by atoms with Gasteiger partial charge in [-0.2, -0.15) is 0 Å². The molecule has 0 fully saturated rings. The maximum absolute atomic E-state index is 11.9. The monoisotopic (exact) mass is 230 g/mol. The molecule has 0 radical (unpaired) electrons. The van der Waals surface area contributed by atoms with E-state index in [0.717, 1.165) is 16.3 Å². The van der Waals surface area contributed by atoms with Crippen molar-refractivity contribution < 1.29 is 8.42 Å². The van der Waals surface area contributed by atoms with Gasteiger partial charge in [0.2, 0.25) is 0 Å². The fraction of sp³-hybridized carbons (Fsp3) is 0.0769. The molecule has 0 unspecified atom stereocenters. The van der Waals surface area contributed by atoms with Crippen LogP contribution in [-0.4, -0.2) is 14.2 Å². The molecule has 0 saturated heterocycles. The van der Waals surface area contributed by atoms with E-state index in [0.29, 0.717) is 4.90 Å². The van der Waals surface area contributed by atoms with E-state index in [1.165, 1.54) is 0 Å². The van der Waals surface area contributed by atoms with Crippen LogP contribution in [0.3, 0.4) is 0 Å². The van der Waals surface area contributed by atoms with E-state index < -0.39 is 9.84 Å². The van der Waals surface area contributed by atoms with Crippen LogP contribution in [0.15, 0.2) is 47.4 Å². The predicted molar refractivity (Wildman–Crippen MR) is 65.0 cm³/mol. The largest absolute Gasteiger partial charge is 0.223 e. The van der Waals surface area contributed by atoms with Crippen molar-refractivity contribution in [2.75, 3.05) is 5.75 Å². The lowest BCUT2D eigenvalue weighted by Gasteiger charge is -2.12. The number of rotatable bonds is 0. The highest BCUT2D eigenvalue weighted by Crippen LogP contribution is 2.28. The smallest absolute Gasteiger partial charge is 0.182 e. The minimum Gasteiger partial charge on any atom is -0.223 e. The van der Waals surface area contributed by atoms with Crippen LogP contribution < -0.4 is 0 Å². The lowest BCUT2D eigenvalue weighted by atomic mass is 10.1. The fourth-order valence-corrected chi connectivity index (χ4v) is 3.35. The van der Waals surface area contributed by atoms with Crippen molar-refractivity contribution in [2.45, 2.75) is 4.90 Å². The Balaban J connectivity index is 2.44. The normalized spacial score (nSPS) is 17.2. The van der Waals surface area contributed by atoms with Crippen LogP contribution in [0.4, 0.5) is 0 Å². The summed E-state index contributed by atoms with van der Waals surface area (Å²) >= 11 is 0. The molecule has 0 bridgehead atoms. The van der Waals surface area contributed by atoms with Crippen molar-refractivity contribution in [1.82, 2.24) is 0 Å². The molecule has 0 spiro atoms. The molecule has 2 nitrogen and oxygen atoms in total. The first-order valence-electron chi connectivity index (χ1n) is 5.09. The molecule has 2 aromatic rings. The predicted octanol–water partition coefficient (Wildman–Crippen LogP) is 2.64. The molecule has 0 atom stereocenters. The van der Waals surface area contributed by atoms with Crippen molar-refractivity contribution in [1.29, 1.82) is 0 Å². The number of benzene rings is 2. The van der Waals surface area contributed by atoms with Crippen LogP contribution in [0.25, 0.3) is 16.8 Å². The van der Waals surface area contributed by atoms with Gasteiger partial charge in [-0.1, -0.05) is 36.4 Å². The van der Waals surface area contributed by atoms with E-state index in [9.17, 15) is 8.42 Å². The van der Waals surface area contributed by atoms with E-state index in [4.69, 9.17) is 0 Å². The quantitative estimate of drug-likeness (QED) is 0.697. The Morgan fingerprint density at radius 1 is 1.00 bits per heavy atom. The Morgan fingerprint density at radius 2 is 1.69 bits per heavy atom. The molecule has 1 aliphatic rings. The number of fused-ring (bicyclic) bond motifs is 2. The third-order valence-electron chi connectivity index (χ3n) is 2.83. The Bertz CT molecular complexity index is 697. The average molecular weight is 230 g/mol. The SMILES string of the molecule is O=S1(=O)CC=Cc2cc3ccccc3cc21. The minimum atomic E-state index is -3.12. The lowest BCUT2D eigenvalue weighted by Crippen LogP contribution is -2.09. The van der Waals surface area contributed by atoms with Crippen molar-refractivity contribution in [3.8, 4) is 0 Å². The molecule has 0 aliphatic carbocycles. The van der Waals surface area contributed by atoms with Crippen LogP contribution in [0.2, 0.25) is 0 Å². The zero-order chi connectivity index (χ0) is 11.2. The molecule has 3 heteroatoms. The molecular formula is C13H10O2S. The third-order valence-corrected chi connectivity index (χ3v) is 4.48. The van der Waals surface area contributed by atoms with Gasteiger partial charge in [0.05, 0.1) is 10.6 Å². The fourth-order valence-electron chi connectivity index (χ4n) is 2.03. The third kappa shape index (κ3) is 1.36. The molecule has 1 aliphatic heterocycles. The highest BCUT2D eigenvalue weighted by molar-refractivity contribution is 7.91. The Morgan fingerprint density at radius 3 is 2.44 bits per heavy atom. The van der Waals surface area contributed by atoms with Gasteiger partial charge in [0.15, 0.2) is 9.84 Å². The number of hydrogen-bond donors (Lipinski definition) is 0. The highest BCUT2D eigenvalue weighted by atomic mass is 32.2. The molecule has 80 valence electrons. The van der Waals surface area contributed by atoms with Gasteiger partial charge in [-0.05, 0) is 28.5 Å². The first-order valence-corrected chi connectivity index (χ1v) is 6.74. The molecular weight excluding hydrogens is 220 g/mol.